The zero-order valence-corrected chi connectivity index (χ0v) is 7.70. The summed E-state index contributed by atoms with van der Waals surface area (Å²) in [5, 5.41) is 3.78. The Morgan fingerprint density at radius 3 is 2.92 bits per heavy atom. The molecular formula is C9H12N2O2. The third-order valence-corrected chi connectivity index (χ3v) is 2.00. The Kier molecular flexibility index (Phi) is 1.84. The van der Waals surface area contributed by atoms with Crippen molar-refractivity contribution in [3.05, 3.63) is 17.5 Å². The zero-order valence-electron chi connectivity index (χ0n) is 7.70. The van der Waals surface area contributed by atoms with Crippen LogP contribution in [0.3, 0.4) is 0 Å². The van der Waals surface area contributed by atoms with Crippen LogP contribution in [0.25, 0.3) is 11.2 Å². The summed E-state index contributed by atoms with van der Waals surface area (Å²) in [5.74, 6) is 1.26. The highest BCUT2D eigenvalue weighted by molar-refractivity contribution is 5.73. The molecule has 0 saturated heterocycles. The van der Waals surface area contributed by atoms with Gasteiger partial charge in [0.2, 0.25) is 5.58 Å². The molecule has 2 N–H and O–H groups in total. The summed E-state index contributed by atoms with van der Waals surface area (Å²) in [6.45, 7) is 4.47. The number of fused-ring (bicyclic) bond motifs is 1. The summed E-state index contributed by atoms with van der Waals surface area (Å²) < 4.78 is 10.6. The number of rotatable bonds is 2. The Morgan fingerprint density at radius 2 is 2.31 bits per heavy atom. The minimum absolute atomic E-state index is 0.345. The van der Waals surface area contributed by atoms with Crippen molar-refractivity contribution in [1.82, 2.24) is 5.16 Å². The van der Waals surface area contributed by atoms with Gasteiger partial charge in [0.1, 0.15) is 11.5 Å². The highest BCUT2D eigenvalue weighted by Gasteiger charge is 2.14. The summed E-state index contributed by atoms with van der Waals surface area (Å²) in [6.07, 6.45) is 0. The van der Waals surface area contributed by atoms with E-state index >= 15 is 0 Å². The van der Waals surface area contributed by atoms with Gasteiger partial charge in [-0.15, -0.1) is 0 Å². The molecule has 0 aliphatic rings. The molecular weight excluding hydrogens is 168 g/mol. The van der Waals surface area contributed by atoms with Gasteiger partial charge in [-0.25, -0.2) is 0 Å². The van der Waals surface area contributed by atoms with Crippen LogP contribution in [-0.2, 0) is 6.54 Å². The van der Waals surface area contributed by atoms with Gasteiger partial charge in [-0.2, -0.15) is 0 Å². The molecule has 0 aliphatic heterocycles. The fourth-order valence-corrected chi connectivity index (χ4v) is 1.22. The van der Waals surface area contributed by atoms with Crippen LogP contribution in [-0.4, -0.2) is 5.16 Å². The van der Waals surface area contributed by atoms with E-state index in [9.17, 15) is 0 Å². The highest BCUT2D eigenvalue weighted by atomic mass is 16.5. The lowest BCUT2D eigenvalue weighted by atomic mass is 10.2. The van der Waals surface area contributed by atoms with Crippen LogP contribution in [0.1, 0.15) is 31.2 Å². The third-order valence-electron chi connectivity index (χ3n) is 2.00. The predicted molar refractivity (Wildman–Crippen MR) is 48.3 cm³/mol. The molecule has 0 radical (unpaired) electrons. The minimum Gasteiger partial charge on any atom is -0.455 e. The number of furan rings is 1. The maximum atomic E-state index is 5.56. The molecule has 0 saturated carbocycles. The average molecular weight is 180 g/mol. The van der Waals surface area contributed by atoms with Crippen LogP contribution in [0, 0.1) is 0 Å². The largest absolute Gasteiger partial charge is 0.455 e. The van der Waals surface area contributed by atoms with Crippen LogP contribution in [0.2, 0.25) is 0 Å². The van der Waals surface area contributed by atoms with E-state index in [0.29, 0.717) is 29.3 Å². The number of hydrogen-bond acceptors (Lipinski definition) is 4. The lowest BCUT2D eigenvalue weighted by Gasteiger charge is -1.96. The van der Waals surface area contributed by atoms with Crippen molar-refractivity contribution >= 4 is 11.2 Å². The summed E-state index contributed by atoms with van der Waals surface area (Å²) >= 11 is 0. The second-order valence-electron chi connectivity index (χ2n) is 3.33. The summed E-state index contributed by atoms with van der Waals surface area (Å²) in [6, 6.07) is 1.87. The van der Waals surface area contributed by atoms with E-state index in [0.717, 1.165) is 5.76 Å². The van der Waals surface area contributed by atoms with Crippen molar-refractivity contribution in [2.45, 2.75) is 26.3 Å². The molecule has 70 valence electrons. The van der Waals surface area contributed by atoms with Gasteiger partial charge in [0, 0.05) is 18.5 Å². The number of nitrogens with zero attached hydrogens (tertiary/aromatic N) is 1. The zero-order chi connectivity index (χ0) is 9.42. The maximum Gasteiger partial charge on any atom is 0.205 e. The number of nitrogens with two attached hydrogens (primary N) is 1. The van der Waals surface area contributed by atoms with E-state index in [2.05, 4.69) is 19.0 Å². The minimum atomic E-state index is 0.345. The fraction of sp³-hybridized carbons (Fsp3) is 0.444. The molecule has 2 rings (SSSR count). The van der Waals surface area contributed by atoms with E-state index in [4.69, 9.17) is 14.7 Å². The van der Waals surface area contributed by atoms with Crippen LogP contribution < -0.4 is 5.73 Å². The van der Waals surface area contributed by atoms with E-state index in [1.54, 1.807) is 0 Å². The molecule has 0 spiro atoms. The van der Waals surface area contributed by atoms with Crippen molar-refractivity contribution < 1.29 is 8.94 Å². The Hall–Kier alpha value is -1.29. The third kappa shape index (κ3) is 1.23. The predicted octanol–water partition coefficient (Wildman–Crippen LogP) is 2.00. The smallest absolute Gasteiger partial charge is 0.205 e. The van der Waals surface area contributed by atoms with Gasteiger partial charge in [0.15, 0.2) is 5.58 Å². The second-order valence-corrected chi connectivity index (χ2v) is 3.33. The first kappa shape index (κ1) is 8.31. The summed E-state index contributed by atoms with van der Waals surface area (Å²) in [4.78, 5) is 0. The van der Waals surface area contributed by atoms with Crippen molar-refractivity contribution in [2.75, 3.05) is 0 Å². The Labute approximate surface area is 75.7 Å². The van der Waals surface area contributed by atoms with Gasteiger partial charge < -0.3 is 14.7 Å². The standard InChI is InChI=1S/C9H12N2O2/c1-5(2)7-3-8-9(12-7)6(4-10)11-13-8/h3,5H,4,10H2,1-2H3. The molecule has 0 amide bonds. The molecule has 4 nitrogen and oxygen atoms in total. The van der Waals surface area contributed by atoms with E-state index < -0.39 is 0 Å². The highest BCUT2D eigenvalue weighted by Crippen LogP contribution is 2.26. The van der Waals surface area contributed by atoms with Crippen molar-refractivity contribution in [1.29, 1.82) is 0 Å². The van der Waals surface area contributed by atoms with Crippen LogP contribution in [0.4, 0.5) is 0 Å². The molecule has 2 aromatic rings. The molecule has 4 heteroatoms. The molecule has 13 heavy (non-hydrogen) atoms. The van der Waals surface area contributed by atoms with Gasteiger partial charge in [-0.05, 0) is 0 Å². The quantitative estimate of drug-likeness (QED) is 0.767. The van der Waals surface area contributed by atoms with Crippen LogP contribution >= 0.6 is 0 Å². The van der Waals surface area contributed by atoms with Gasteiger partial charge >= 0.3 is 0 Å². The second kappa shape index (κ2) is 2.88. The average Bonchev–Trinajstić information content (AvgIpc) is 2.60. The molecule has 0 atom stereocenters. The molecule has 0 fully saturated rings. The lowest BCUT2D eigenvalue weighted by Crippen LogP contribution is -1.95. The number of hydrogen-bond donors (Lipinski definition) is 1. The van der Waals surface area contributed by atoms with Gasteiger partial charge in [-0.3, -0.25) is 0 Å². The van der Waals surface area contributed by atoms with Crippen molar-refractivity contribution in [3.63, 3.8) is 0 Å². The van der Waals surface area contributed by atoms with Crippen LogP contribution in [0.5, 0.6) is 0 Å². The normalized spacial score (nSPS) is 11.7. The first-order chi connectivity index (χ1) is 6.22. The molecule has 2 aromatic heterocycles. The lowest BCUT2D eigenvalue weighted by molar-refractivity contribution is 0.445. The molecule has 0 bridgehead atoms. The van der Waals surface area contributed by atoms with Gasteiger partial charge in [-0.1, -0.05) is 19.0 Å². The Balaban J connectivity index is 2.56. The van der Waals surface area contributed by atoms with Gasteiger partial charge in [0.05, 0.1) is 0 Å². The SMILES string of the molecule is CC(C)c1cc2onc(CN)c2o1. The maximum absolute atomic E-state index is 5.56. The molecule has 0 aromatic carbocycles. The Bertz CT molecular complexity index is 414. The molecule has 0 unspecified atom stereocenters. The van der Waals surface area contributed by atoms with Crippen LogP contribution in [0.15, 0.2) is 15.0 Å². The fourth-order valence-electron chi connectivity index (χ4n) is 1.22. The summed E-state index contributed by atoms with van der Waals surface area (Å²) in [5.41, 5.74) is 7.52. The molecule has 2 heterocycles. The van der Waals surface area contributed by atoms with Gasteiger partial charge in [0.25, 0.3) is 0 Å². The first-order valence-electron chi connectivity index (χ1n) is 4.30. The van der Waals surface area contributed by atoms with Crippen molar-refractivity contribution in [2.24, 2.45) is 5.73 Å². The molecule has 0 aliphatic carbocycles. The van der Waals surface area contributed by atoms with E-state index in [1.807, 2.05) is 6.07 Å². The monoisotopic (exact) mass is 180 g/mol. The number of aromatic nitrogens is 1. The topological polar surface area (TPSA) is 65.2 Å². The van der Waals surface area contributed by atoms with Crippen molar-refractivity contribution in [3.8, 4) is 0 Å². The van der Waals surface area contributed by atoms with E-state index in [-0.39, 0.29) is 0 Å². The Morgan fingerprint density at radius 1 is 1.54 bits per heavy atom. The van der Waals surface area contributed by atoms with E-state index in [1.165, 1.54) is 0 Å². The first-order valence-corrected chi connectivity index (χ1v) is 4.30. The summed E-state index contributed by atoms with van der Waals surface area (Å²) in [7, 11) is 0.